The Labute approximate surface area is 218 Å². The third kappa shape index (κ3) is 4.59. The summed E-state index contributed by atoms with van der Waals surface area (Å²) in [6.45, 7) is 5.98. The maximum absolute atomic E-state index is 14.1. The summed E-state index contributed by atoms with van der Waals surface area (Å²) in [5.41, 5.74) is 1.25. The zero-order chi connectivity index (χ0) is 26.4. The average Bonchev–Trinajstić information content (AvgIpc) is 3.09. The SMILES string of the molecule is COc1ccc(/C(O)=C2/C(=O)C(=O)N(c3cccc(F)c3)C2c2ccc(Cl)c(Cl)c2)cc1C(C)(C)C. The molecular formula is C28H24Cl2FNO4. The number of nitrogens with zero attached hydrogens (tertiary/aromatic N) is 1. The number of anilines is 1. The van der Waals surface area contributed by atoms with E-state index in [-0.39, 0.29) is 32.5 Å². The Hall–Kier alpha value is -3.35. The number of ether oxygens (including phenoxy) is 1. The molecule has 0 aliphatic carbocycles. The van der Waals surface area contributed by atoms with Gasteiger partial charge in [-0.25, -0.2) is 4.39 Å². The first kappa shape index (κ1) is 25.7. The lowest BCUT2D eigenvalue weighted by molar-refractivity contribution is -0.132. The van der Waals surface area contributed by atoms with Gasteiger partial charge in [0.25, 0.3) is 11.7 Å². The molecule has 1 saturated heterocycles. The fourth-order valence-electron chi connectivity index (χ4n) is 4.32. The first-order valence-electron chi connectivity index (χ1n) is 11.1. The summed E-state index contributed by atoms with van der Waals surface area (Å²) in [5.74, 6) is -2.12. The number of carbonyl (C=O) groups excluding carboxylic acids is 2. The number of benzene rings is 3. The highest BCUT2D eigenvalue weighted by molar-refractivity contribution is 6.51. The number of hydrogen-bond donors (Lipinski definition) is 1. The van der Waals surface area contributed by atoms with Gasteiger partial charge in [0, 0.05) is 16.8 Å². The number of aliphatic hydroxyl groups is 1. The summed E-state index contributed by atoms with van der Waals surface area (Å²) in [4.78, 5) is 27.8. The van der Waals surface area contributed by atoms with Crippen molar-refractivity contribution in [3.63, 3.8) is 0 Å². The molecule has 1 atom stereocenters. The Morgan fingerprint density at radius 2 is 1.72 bits per heavy atom. The highest BCUT2D eigenvalue weighted by Gasteiger charge is 2.47. The summed E-state index contributed by atoms with van der Waals surface area (Å²) in [6, 6.07) is 14.0. The van der Waals surface area contributed by atoms with Gasteiger partial charge in [-0.2, -0.15) is 0 Å². The molecule has 36 heavy (non-hydrogen) atoms. The van der Waals surface area contributed by atoms with E-state index < -0.39 is 23.5 Å². The second-order valence-corrected chi connectivity index (χ2v) is 10.3. The van der Waals surface area contributed by atoms with Gasteiger partial charge in [-0.05, 0) is 59.5 Å². The van der Waals surface area contributed by atoms with Crippen LogP contribution in [-0.4, -0.2) is 23.9 Å². The van der Waals surface area contributed by atoms with Crippen molar-refractivity contribution in [3.05, 3.63) is 98.8 Å². The predicted molar refractivity (Wildman–Crippen MR) is 139 cm³/mol. The lowest BCUT2D eigenvalue weighted by Gasteiger charge is -2.26. The van der Waals surface area contributed by atoms with Crippen LogP contribution in [-0.2, 0) is 15.0 Å². The molecule has 1 N–H and O–H groups in total. The number of hydrogen-bond acceptors (Lipinski definition) is 4. The molecular weight excluding hydrogens is 504 g/mol. The number of aliphatic hydroxyl groups excluding tert-OH is 1. The number of halogens is 3. The molecule has 0 aromatic heterocycles. The second-order valence-electron chi connectivity index (χ2n) is 9.49. The van der Waals surface area contributed by atoms with Gasteiger partial charge >= 0.3 is 0 Å². The van der Waals surface area contributed by atoms with E-state index in [9.17, 15) is 19.1 Å². The molecule has 0 saturated carbocycles. The van der Waals surface area contributed by atoms with Crippen LogP contribution >= 0.6 is 23.2 Å². The third-order valence-electron chi connectivity index (χ3n) is 6.07. The zero-order valence-electron chi connectivity index (χ0n) is 20.1. The van der Waals surface area contributed by atoms with E-state index >= 15 is 0 Å². The van der Waals surface area contributed by atoms with E-state index in [1.165, 1.54) is 30.3 Å². The number of methoxy groups -OCH3 is 1. The summed E-state index contributed by atoms with van der Waals surface area (Å²) in [7, 11) is 1.55. The van der Waals surface area contributed by atoms with Crippen LogP contribution in [0, 0.1) is 5.82 Å². The lowest BCUT2D eigenvalue weighted by Crippen LogP contribution is -2.29. The van der Waals surface area contributed by atoms with Gasteiger partial charge in [0.05, 0.1) is 28.8 Å². The van der Waals surface area contributed by atoms with E-state index in [4.69, 9.17) is 27.9 Å². The van der Waals surface area contributed by atoms with E-state index in [0.717, 1.165) is 16.5 Å². The fraction of sp³-hybridized carbons (Fsp3) is 0.214. The fourth-order valence-corrected chi connectivity index (χ4v) is 4.63. The van der Waals surface area contributed by atoms with Crippen molar-refractivity contribution >= 4 is 46.3 Å². The average molecular weight is 528 g/mol. The van der Waals surface area contributed by atoms with Crippen LogP contribution in [0.3, 0.4) is 0 Å². The van der Waals surface area contributed by atoms with Crippen LogP contribution in [0.4, 0.5) is 10.1 Å². The highest BCUT2D eigenvalue weighted by Crippen LogP contribution is 2.44. The molecule has 3 aromatic carbocycles. The smallest absolute Gasteiger partial charge is 0.300 e. The van der Waals surface area contributed by atoms with Gasteiger partial charge in [-0.3, -0.25) is 14.5 Å². The molecule has 8 heteroatoms. The Kier molecular flexibility index (Phi) is 6.86. The number of amides is 1. The topological polar surface area (TPSA) is 66.8 Å². The van der Waals surface area contributed by atoms with Gasteiger partial charge in [0.2, 0.25) is 0 Å². The van der Waals surface area contributed by atoms with Gasteiger partial charge in [-0.15, -0.1) is 0 Å². The van der Waals surface area contributed by atoms with Crippen LogP contribution < -0.4 is 9.64 Å². The predicted octanol–water partition coefficient (Wildman–Crippen LogP) is 7.06. The molecule has 3 aromatic rings. The first-order valence-corrected chi connectivity index (χ1v) is 11.9. The maximum Gasteiger partial charge on any atom is 0.300 e. The van der Waals surface area contributed by atoms with Crippen LogP contribution in [0.2, 0.25) is 10.0 Å². The minimum Gasteiger partial charge on any atom is -0.507 e. The summed E-state index contributed by atoms with van der Waals surface area (Å²) >= 11 is 12.4. The normalized spacial score (nSPS) is 17.5. The van der Waals surface area contributed by atoms with Crippen molar-refractivity contribution in [2.75, 3.05) is 12.0 Å². The molecule has 1 aliphatic heterocycles. The molecule has 5 nitrogen and oxygen atoms in total. The van der Waals surface area contributed by atoms with Gasteiger partial charge in [-0.1, -0.05) is 56.1 Å². The molecule has 0 radical (unpaired) electrons. The van der Waals surface area contributed by atoms with Crippen molar-refractivity contribution in [2.45, 2.75) is 32.2 Å². The highest BCUT2D eigenvalue weighted by atomic mass is 35.5. The molecule has 186 valence electrons. The Balaban J connectivity index is 1.98. The van der Waals surface area contributed by atoms with E-state index in [1.54, 1.807) is 31.4 Å². The number of Topliss-reactive ketones (excluding diaryl/α,β-unsaturated/α-hetero) is 1. The summed E-state index contributed by atoms with van der Waals surface area (Å²) in [5, 5.41) is 11.9. The summed E-state index contributed by atoms with van der Waals surface area (Å²) in [6.07, 6.45) is 0. The largest absolute Gasteiger partial charge is 0.507 e. The van der Waals surface area contributed by atoms with Gasteiger partial charge < -0.3 is 9.84 Å². The second kappa shape index (κ2) is 9.60. The Bertz CT molecular complexity index is 1410. The number of ketones is 1. The summed E-state index contributed by atoms with van der Waals surface area (Å²) < 4.78 is 19.6. The molecule has 1 amide bonds. The van der Waals surface area contributed by atoms with Crippen molar-refractivity contribution in [2.24, 2.45) is 0 Å². The maximum atomic E-state index is 14.1. The van der Waals surface area contributed by atoms with Crippen LogP contribution in [0.1, 0.15) is 43.5 Å². The van der Waals surface area contributed by atoms with Gasteiger partial charge in [0.1, 0.15) is 17.3 Å². The molecule has 4 rings (SSSR count). The van der Waals surface area contributed by atoms with Crippen LogP contribution in [0.15, 0.2) is 66.2 Å². The molecule has 0 bridgehead atoms. The monoisotopic (exact) mass is 527 g/mol. The minimum atomic E-state index is -1.07. The molecule has 1 heterocycles. The van der Waals surface area contributed by atoms with Crippen LogP contribution in [0.25, 0.3) is 5.76 Å². The standard InChI is InChI=1S/C28H24Cl2FNO4/c1-28(2,3)19-12-16(9-11-22(19)36-4)25(33)23-24(15-8-10-20(29)21(30)13-15)32(27(35)26(23)34)18-7-5-6-17(31)14-18/h5-14,24,33H,1-4H3/b25-23-. The number of rotatable bonds is 4. The lowest BCUT2D eigenvalue weighted by atomic mass is 9.84. The molecule has 1 aliphatic rings. The van der Waals surface area contributed by atoms with Crippen molar-refractivity contribution in [1.82, 2.24) is 0 Å². The molecule has 1 fully saturated rings. The third-order valence-corrected chi connectivity index (χ3v) is 6.81. The zero-order valence-corrected chi connectivity index (χ0v) is 21.6. The first-order chi connectivity index (χ1) is 16.9. The molecule has 1 unspecified atom stereocenters. The van der Waals surface area contributed by atoms with Crippen molar-refractivity contribution in [1.29, 1.82) is 0 Å². The van der Waals surface area contributed by atoms with E-state index in [1.807, 2.05) is 20.8 Å². The van der Waals surface area contributed by atoms with E-state index in [2.05, 4.69) is 0 Å². The quantitative estimate of drug-likeness (QED) is 0.224. The van der Waals surface area contributed by atoms with Crippen LogP contribution in [0.5, 0.6) is 5.75 Å². The Morgan fingerprint density at radius 1 is 1.00 bits per heavy atom. The minimum absolute atomic E-state index is 0.146. The van der Waals surface area contributed by atoms with Crippen molar-refractivity contribution in [3.8, 4) is 5.75 Å². The van der Waals surface area contributed by atoms with Crippen molar-refractivity contribution < 1.29 is 23.8 Å². The Morgan fingerprint density at radius 3 is 2.33 bits per heavy atom. The number of carbonyl (C=O) groups is 2. The molecule has 0 spiro atoms. The van der Waals surface area contributed by atoms with Gasteiger partial charge in [0.15, 0.2) is 0 Å². The van der Waals surface area contributed by atoms with E-state index in [0.29, 0.717) is 16.9 Å².